The third-order valence-corrected chi connectivity index (χ3v) is 10.1. The number of nitrogens with zero attached hydrogens (tertiary/aromatic N) is 1. The van der Waals surface area contributed by atoms with Crippen molar-refractivity contribution in [3.05, 3.63) is 138 Å². The van der Waals surface area contributed by atoms with E-state index in [0.29, 0.717) is 0 Å². The van der Waals surface area contributed by atoms with E-state index in [4.69, 9.17) is 0 Å². The summed E-state index contributed by atoms with van der Waals surface area (Å²) >= 11 is 0. The Morgan fingerprint density at radius 3 is 2.02 bits per heavy atom. The summed E-state index contributed by atoms with van der Waals surface area (Å²) in [6.45, 7) is 9.58. The third kappa shape index (κ3) is 2.81. The molecular formula is C40H31N. The molecule has 2 heterocycles. The lowest BCUT2D eigenvalue weighted by molar-refractivity contribution is 0.630. The molecule has 196 valence electrons. The molecule has 1 nitrogen and oxygen atoms in total. The highest BCUT2D eigenvalue weighted by Crippen LogP contribution is 2.53. The van der Waals surface area contributed by atoms with Crippen LogP contribution in [0.25, 0.3) is 60.5 Å². The zero-order valence-electron chi connectivity index (χ0n) is 23.9. The van der Waals surface area contributed by atoms with Crippen molar-refractivity contribution in [2.75, 3.05) is 0 Å². The van der Waals surface area contributed by atoms with Crippen LogP contribution in [0.5, 0.6) is 0 Å². The molecule has 0 atom stereocenters. The van der Waals surface area contributed by atoms with Gasteiger partial charge in [0.1, 0.15) is 0 Å². The van der Waals surface area contributed by atoms with E-state index in [2.05, 4.69) is 148 Å². The number of benzene rings is 6. The van der Waals surface area contributed by atoms with Gasteiger partial charge in [0, 0.05) is 21.6 Å². The molecule has 1 heteroatoms. The lowest BCUT2D eigenvalue weighted by Crippen LogP contribution is -2.26. The maximum absolute atomic E-state index is 2.56. The largest absolute Gasteiger partial charge is 0.309 e. The van der Waals surface area contributed by atoms with Crippen LogP contribution in [0.1, 0.15) is 49.9 Å². The maximum atomic E-state index is 2.56. The van der Waals surface area contributed by atoms with Gasteiger partial charge in [-0.1, -0.05) is 113 Å². The first-order chi connectivity index (χ1) is 19.9. The van der Waals surface area contributed by atoms with Crippen molar-refractivity contribution in [2.45, 2.75) is 38.5 Å². The van der Waals surface area contributed by atoms with Crippen LogP contribution in [0.2, 0.25) is 0 Å². The standard InChI is InChI=1S/C40H31N/c1-39(2)31-17-8-9-19-35(31)41-36-23-33-28(27-16-10-14-25-15-11-18-32(37(25)27)40(33,3)4)22-29(36)30-20-26(21-34(39)38(30)41)24-12-6-5-7-13-24/h5-23H,1-4H3. The molecule has 6 aromatic carbocycles. The first kappa shape index (κ1) is 23.1. The van der Waals surface area contributed by atoms with Gasteiger partial charge in [-0.2, -0.15) is 0 Å². The van der Waals surface area contributed by atoms with Gasteiger partial charge in [0.2, 0.25) is 0 Å². The van der Waals surface area contributed by atoms with E-state index in [0.717, 1.165) is 0 Å². The fourth-order valence-electron chi connectivity index (χ4n) is 8.03. The highest BCUT2D eigenvalue weighted by molar-refractivity contribution is 6.16. The van der Waals surface area contributed by atoms with Gasteiger partial charge >= 0.3 is 0 Å². The van der Waals surface area contributed by atoms with Gasteiger partial charge in [0.15, 0.2) is 0 Å². The summed E-state index contributed by atoms with van der Waals surface area (Å²) in [5.74, 6) is 0. The topological polar surface area (TPSA) is 4.93 Å². The second-order valence-corrected chi connectivity index (χ2v) is 13.0. The van der Waals surface area contributed by atoms with Crippen molar-refractivity contribution in [2.24, 2.45) is 0 Å². The summed E-state index contributed by atoms with van der Waals surface area (Å²) in [5, 5.41) is 5.39. The van der Waals surface area contributed by atoms with Gasteiger partial charge in [-0.3, -0.25) is 0 Å². The van der Waals surface area contributed by atoms with E-state index in [1.165, 1.54) is 82.8 Å². The summed E-state index contributed by atoms with van der Waals surface area (Å²) in [5.41, 5.74) is 14.6. The molecule has 41 heavy (non-hydrogen) atoms. The lowest BCUT2D eigenvalue weighted by atomic mass is 9.68. The maximum Gasteiger partial charge on any atom is 0.0582 e. The summed E-state index contributed by atoms with van der Waals surface area (Å²) in [6.07, 6.45) is 0. The van der Waals surface area contributed by atoms with Crippen molar-refractivity contribution in [3.63, 3.8) is 0 Å². The zero-order valence-corrected chi connectivity index (χ0v) is 23.9. The summed E-state index contributed by atoms with van der Waals surface area (Å²) < 4.78 is 2.56. The summed E-state index contributed by atoms with van der Waals surface area (Å²) in [7, 11) is 0. The van der Waals surface area contributed by atoms with E-state index in [9.17, 15) is 0 Å². The number of hydrogen-bond donors (Lipinski definition) is 0. The molecule has 0 fully saturated rings. The predicted octanol–water partition coefficient (Wildman–Crippen LogP) is 10.5. The van der Waals surface area contributed by atoms with Gasteiger partial charge in [0.05, 0.1) is 16.7 Å². The molecule has 0 radical (unpaired) electrons. The highest BCUT2D eigenvalue weighted by atomic mass is 15.0. The van der Waals surface area contributed by atoms with Crippen molar-refractivity contribution in [3.8, 4) is 27.9 Å². The molecular weight excluding hydrogens is 494 g/mol. The van der Waals surface area contributed by atoms with Crippen molar-refractivity contribution < 1.29 is 0 Å². The van der Waals surface area contributed by atoms with Crippen molar-refractivity contribution in [1.29, 1.82) is 0 Å². The average molecular weight is 526 g/mol. The smallest absolute Gasteiger partial charge is 0.0582 e. The minimum absolute atomic E-state index is 0.112. The van der Waals surface area contributed by atoms with E-state index in [1.807, 2.05) is 0 Å². The van der Waals surface area contributed by atoms with Crippen molar-refractivity contribution >= 4 is 32.6 Å². The normalized spacial score (nSPS) is 15.7. The number of para-hydroxylation sites is 1. The minimum atomic E-state index is -0.120. The van der Waals surface area contributed by atoms with Gasteiger partial charge in [-0.25, -0.2) is 0 Å². The second-order valence-electron chi connectivity index (χ2n) is 13.0. The monoisotopic (exact) mass is 525 g/mol. The zero-order chi connectivity index (χ0) is 27.7. The predicted molar refractivity (Wildman–Crippen MR) is 173 cm³/mol. The van der Waals surface area contributed by atoms with Crippen molar-refractivity contribution in [1.82, 2.24) is 4.57 Å². The van der Waals surface area contributed by atoms with Crippen LogP contribution >= 0.6 is 0 Å². The molecule has 0 amide bonds. The van der Waals surface area contributed by atoms with Crippen LogP contribution in [0.15, 0.2) is 115 Å². The van der Waals surface area contributed by atoms with Crippen LogP contribution in [0.3, 0.4) is 0 Å². The van der Waals surface area contributed by atoms with E-state index >= 15 is 0 Å². The fraction of sp³-hybridized carbons (Fsp3) is 0.150. The second kappa shape index (κ2) is 7.56. The minimum Gasteiger partial charge on any atom is -0.309 e. The number of aromatic nitrogens is 1. The van der Waals surface area contributed by atoms with Gasteiger partial charge in [0.25, 0.3) is 0 Å². The van der Waals surface area contributed by atoms with Crippen LogP contribution in [0, 0.1) is 0 Å². The Bertz CT molecular complexity index is 2240. The Hall–Kier alpha value is -4.62. The molecule has 0 spiro atoms. The van der Waals surface area contributed by atoms with E-state index in [1.54, 1.807) is 0 Å². The van der Waals surface area contributed by atoms with Crippen LogP contribution in [0.4, 0.5) is 0 Å². The summed E-state index contributed by atoms with van der Waals surface area (Å²) in [6, 6.07) is 43.4. The first-order valence-electron chi connectivity index (χ1n) is 14.7. The molecule has 0 N–H and O–H groups in total. The number of fused-ring (bicyclic) bond motifs is 7. The van der Waals surface area contributed by atoms with Crippen LogP contribution in [-0.4, -0.2) is 4.57 Å². The number of hydrogen-bond acceptors (Lipinski definition) is 0. The molecule has 0 unspecified atom stereocenters. The molecule has 0 saturated carbocycles. The Labute approximate surface area is 240 Å². The molecule has 1 aromatic heterocycles. The average Bonchev–Trinajstić information content (AvgIpc) is 3.32. The molecule has 0 saturated heterocycles. The Kier molecular flexibility index (Phi) is 4.26. The SMILES string of the molecule is CC1(C)c2cc3c(cc2-c2cccc4cccc1c24)c1cc(-c2ccccc2)cc2c1n3-c1ccccc1C2(C)C. The van der Waals surface area contributed by atoms with E-state index < -0.39 is 0 Å². The van der Waals surface area contributed by atoms with Gasteiger partial charge in [-0.05, 0) is 85.6 Å². The van der Waals surface area contributed by atoms with Gasteiger partial charge in [-0.15, -0.1) is 0 Å². The Morgan fingerprint density at radius 1 is 0.488 bits per heavy atom. The molecule has 9 rings (SSSR count). The van der Waals surface area contributed by atoms with Gasteiger partial charge < -0.3 is 4.57 Å². The molecule has 1 aliphatic heterocycles. The fourth-order valence-corrected chi connectivity index (χ4v) is 8.03. The Balaban J connectivity index is 1.49. The summed E-state index contributed by atoms with van der Waals surface area (Å²) in [4.78, 5) is 0. The molecule has 7 aromatic rings. The molecule has 2 aliphatic rings. The first-order valence-corrected chi connectivity index (χ1v) is 14.7. The molecule has 1 aliphatic carbocycles. The highest BCUT2D eigenvalue weighted by Gasteiger charge is 2.38. The van der Waals surface area contributed by atoms with Crippen LogP contribution < -0.4 is 0 Å². The third-order valence-electron chi connectivity index (χ3n) is 10.1. The van der Waals surface area contributed by atoms with E-state index in [-0.39, 0.29) is 10.8 Å². The number of rotatable bonds is 1. The van der Waals surface area contributed by atoms with Crippen LogP contribution in [-0.2, 0) is 10.8 Å². The quantitative estimate of drug-likeness (QED) is 0.201. The lowest BCUT2D eigenvalue weighted by Gasteiger charge is -2.36. The Morgan fingerprint density at radius 2 is 1.20 bits per heavy atom. The molecule has 0 bridgehead atoms.